The number of hydrogen-bond donors (Lipinski definition) is 3. The number of carbonyl (C=O) groups is 1. The molecule has 0 aliphatic heterocycles. The molecule has 0 saturated carbocycles. The van der Waals surface area contributed by atoms with Gasteiger partial charge in [-0.2, -0.15) is 11.8 Å². The summed E-state index contributed by atoms with van der Waals surface area (Å²) in [4.78, 5) is 11.9. The quantitative estimate of drug-likeness (QED) is 0.420. The van der Waals surface area contributed by atoms with Crippen LogP contribution in [0.4, 0.5) is 5.69 Å². The van der Waals surface area contributed by atoms with E-state index in [1.165, 1.54) is 0 Å². The van der Waals surface area contributed by atoms with E-state index in [1.54, 1.807) is 18.2 Å². The highest BCUT2D eigenvalue weighted by atomic mass is 32.2. The molecule has 0 aliphatic carbocycles. The predicted octanol–water partition coefficient (Wildman–Crippen LogP) is 2.24. The van der Waals surface area contributed by atoms with Gasteiger partial charge in [0.2, 0.25) is 0 Å². The number of hydrogen-bond acceptors (Lipinski definition) is 4. The van der Waals surface area contributed by atoms with Crippen LogP contribution in [0, 0.1) is 0 Å². The molecule has 0 spiro atoms. The Hall–Kier alpha value is -1.36. The first kappa shape index (κ1) is 14.7. The van der Waals surface area contributed by atoms with Crippen LogP contribution in [0.2, 0.25) is 0 Å². The largest absolute Gasteiger partial charge is 0.505 e. The Bertz CT molecular complexity index is 410. The number of phenols is 1. The summed E-state index contributed by atoms with van der Waals surface area (Å²) in [7, 11) is 0. The zero-order chi connectivity index (χ0) is 13.5. The maximum absolute atomic E-state index is 11.9. The normalized spacial score (nSPS) is 12.1. The Balaban J connectivity index is 2.57. The van der Waals surface area contributed by atoms with Crippen LogP contribution >= 0.6 is 11.8 Å². The van der Waals surface area contributed by atoms with Crippen molar-refractivity contribution in [3.05, 3.63) is 23.8 Å². The molecule has 5 heteroatoms. The molecule has 0 radical (unpaired) electrons. The third kappa shape index (κ3) is 4.14. The van der Waals surface area contributed by atoms with Crippen LogP contribution in [0.5, 0.6) is 5.75 Å². The second kappa shape index (κ2) is 7.16. The highest BCUT2D eigenvalue weighted by Gasteiger charge is 2.14. The number of carbonyl (C=O) groups excluding carboxylic acids is 1. The topological polar surface area (TPSA) is 75.4 Å². The number of aromatic hydroxyl groups is 1. The molecule has 0 aromatic heterocycles. The summed E-state index contributed by atoms with van der Waals surface area (Å²) in [5.41, 5.74) is 6.00. The van der Waals surface area contributed by atoms with Crippen LogP contribution in [0.1, 0.15) is 30.6 Å². The van der Waals surface area contributed by atoms with Gasteiger partial charge in [0.25, 0.3) is 5.91 Å². The number of amides is 1. The van der Waals surface area contributed by atoms with Crippen molar-refractivity contribution in [3.8, 4) is 5.75 Å². The molecular formula is C13H20N2O2S. The number of para-hydroxylation sites is 1. The molecule has 0 bridgehead atoms. The monoisotopic (exact) mass is 268 g/mol. The van der Waals surface area contributed by atoms with Crippen LogP contribution in [0.15, 0.2) is 18.2 Å². The van der Waals surface area contributed by atoms with Gasteiger partial charge in [0, 0.05) is 6.04 Å². The molecule has 1 atom stereocenters. The molecule has 4 nitrogen and oxygen atoms in total. The van der Waals surface area contributed by atoms with Crippen LogP contribution in [0.3, 0.4) is 0 Å². The molecule has 1 rings (SSSR count). The summed E-state index contributed by atoms with van der Waals surface area (Å²) in [6, 6.07) is 4.86. The van der Waals surface area contributed by atoms with Crippen molar-refractivity contribution in [1.82, 2.24) is 5.32 Å². The smallest absolute Gasteiger partial charge is 0.255 e. The Morgan fingerprint density at radius 2 is 2.28 bits per heavy atom. The van der Waals surface area contributed by atoms with Gasteiger partial charge in [-0.05, 0) is 37.0 Å². The first-order valence-electron chi connectivity index (χ1n) is 6.02. The SMILES string of the molecule is CCSCCC(C)NC(=O)c1cccc(N)c1O. The maximum Gasteiger partial charge on any atom is 0.255 e. The summed E-state index contributed by atoms with van der Waals surface area (Å²) in [5.74, 6) is 1.66. The fraction of sp³-hybridized carbons (Fsp3) is 0.462. The zero-order valence-corrected chi connectivity index (χ0v) is 11.6. The summed E-state index contributed by atoms with van der Waals surface area (Å²) in [5, 5.41) is 12.6. The van der Waals surface area contributed by atoms with E-state index in [0.717, 1.165) is 17.9 Å². The second-order valence-electron chi connectivity index (χ2n) is 4.10. The predicted molar refractivity (Wildman–Crippen MR) is 77.1 cm³/mol. The van der Waals surface area contributed by atoms with Crippen LogP contribution in [0.25, 0.3) is 0 Å². The highest BCUT2D eigenvalue weighted by Crippen LogP contribution is 2.24. The molecule has 18 heavy (non-hydrogen) atoms. The average Bonchev–Trinajstić information content (AvgIpc) is 2.32. The Kier molecular flexibility index (Phi) is 5.85. The summed E-state index contributed by atoms with van der Waals surface area (Å²) >= 11 is 1.84. The number of nitrogen functional groups attached to an aromatic ring is 1. The van der Waals surface area contributed by atoms with Crippen molar-refractivity contribution in [2.75, 3.05) is 17.2 Å². The van der Waals surface area contributed by atoms with E-state index in [-0.39, 0.29) is 28.9 Å². The summed E-state index contributed by atoms with van der Waals surface area (Å²) in [6.45, 7) is 4.07. The molecule has 1 aromatic rings. The van der Waals surface area contributed by atoms with Gasteiger partial charge in [0.15, 0.2) is 5.75 Å². The van der Waals surface area contributed by atoms with E-state index >= 15 is 0 Å². The molecule has 0 heterocycles. The fourth-order valence-electron chi connectivity index (χ4n) is 1.52. The average molecular weight is 268 g/mol. The zero-order valence-electron chi connectivity index (χ0n) is 10.8. The van der Waals surface area contributed by atoms with E-state index in [1.807, 2.05) is 18.7 Å². The first-order chi connectivity index (χ1) is 8.56. The van der Waals surface area contributed by atoms with Crippen molar-refractivity contribution in [2.45, 2.75) is 26.3 Å². The van der Waals surface area contributed by atoms with Gasteiger partial charge in [-0.1, -0.05) is 13.0 Å². The van der Waals surface area contributed by atoms with Crippen LogP contribution in [-0.2, 0) is 0 Å². The van der Waals surface area contributed by atoms with Crippen molar-refractivity contribution in [3.63, 3.8) is 0 Å². The van der Waals surface area contributed by atoms with Gasteiger partial charge in [0.05, 0.1) is 11.3 Å². The number of anilines is 1. The lowest BCUT2D eigenvalue weighted by molar-refractivity contribution is 0.0937. The van der Waals surface area contributed by atoms with Gasteiger partial charge >= 0.3 is 0 Å². The van der Waals surface area contributed by atoms with Crippen LogP contribution < -0.4 is 11.1 Å². The minimum absolute atomic E-state index is 0.0809. The minimum Gasteiger partial charge on any atom is -0.505 e. The summed E-state index contributed by atoms with van der Waals surface area (Å²) < 4.78 is 0. The maximum atomic E-state index is 11.9. The molecule has 0 fully saturated rings. The van der Waals surface area contributed by atoms with Gasteiger partial charge in [-0.15, -0.1) is 0 Å². The Labute approximate surface area is 112 Å². The van der Waals surface area contributed by atoms with Crippen molar-refractivity contribution >= 4 is 23.4 Å². The third-order valence-electron chi connectivity index (χ3n) is 2.59. The van der Waals surface area contributed by atoms with E-state index in [4.69, 9.17) is 5.73 Å². The molecule has 1 amide bonds. The lowest BCUT2D eigenvalue weighted by Crippen LogP contribution is -2.33. The highest BCUT2D eigenvalue weighted by molar-refractivity contribution is 7.99. The van der Waals surface area contributed by atoms with Crippen molar-refractivity contribution in [1.29, 1.82) is 0 Å². The van der Waals surface area contributed by atoms with Crippen molar-refractivity contribution in [2.24, 2.45) is 0 Å². The van der Waals surface area contributed by atoms with E-state index in [2.05, 4.69) is 12.2 Å². The number of phenolic OH excluding ortho intramolecular Hbond substituents is 1. The number of thioether (sulfide) groups is 1. The fourth-order valence-corrected chi connectivity index (χ4v) is 2.33. The lowest BCUT2D eigenvalue weighted by atomic mass is 10.1. The first-order valence-corrected chi connectivity index (χ1v) is 7.17. The number of nitrogens with two attached hydrogens (primary N) is 1. The van der Waals surface area contributed by atoms with Gasteiger partial charge in [-0.25, -0.2) is 0 Å². The van der Waals surface area contributed by atoms with E-state index in [9.17, 15) is 9.90 Å². The second-order valence-corrected chi connectivity index (χ2v) is 5.50. The summed E-state index contributed by atoms with van der Waals surface area (Å²) in [6.07, 6.45) is 0.910. The number of benzene rings is 1. The van der Waals surface area contributed by atoms with E-state index < -0.39 is 0 Å². The Morgan fingerprint density at radius 1 is 1.56 bits per heavy atom. The van der Waals surface area contributed by atoms with Gasteiger partial charge in [-0.3, -0.25) is 4.79 Å². The molecule has 1 aromatic carbocycles. The standard InChI is InChI=1S/C13H20N2O2S/c1-3-18-8-7-9(2)15-13(17)10-5-4-6-11(14)12(10)16/h4-6,9,16H,3,7-8,14H2,1-2H3,(H,15,17). The molecule has 0 saturated heterocycles. The van der Waals surface area contributed by atoms with Gasteiger partial charge < -0.3 is 16.2 Å². The minimum atomic E-state index is -0.284. The van der Waals surface area contributed by atoms with Crippen LogP contribution in [-0.4, -0.2) is 28.6 Å². The number of rotatable bonds is 6. The van der Waals surface area contributed by atoms with Crippen molar-refractivity contribution < 1.29 is 9.90 Å². The molecule has 0 aliphatic rings. The molecule has 4 N–H and O–H groups in total. The third-order valence-corrected chi connectivity index (χ3v) is 3.52. The van der Waals surface area contributed by atoms with E-state index in [0.29, 0.717) is 0 Å². The molecule has 100 valence electrons. The lowest BCUT2D eigenvalue weighted by Gasteiger charge is -2.14. The Morgan fingerprint density at radius 3 is 2.94 bits per heavy atom. The molecular weight excluding hydrogens is 248 g/mol. The number of nitrogens with one attached hydrogen (secondary N) is 1. The molecule has 1 unspecified atom stereocenters. The van der Waals surface area contributed by atoms with Gasteiger partial charge in [0.1, 0.15) is 0 Å².